The summed E-state index contributed by atoms with van der Waals surface area (Å²) in [5.74, 6) is -1.71. The van der Waals surface area contributed by atoms with Gasteiger partial charge in [-0.25, -0.2) is 9.59 Å². The highest BCUT2D eigenvalue weighted by atomic mass is 35.5. The van der Waals surface area contributed by atoms with E-state index in [0.29, 0.717) is 0 Å². The first-order valence-corrected chi connectivity index (χ1v) is 5.77. The van der Waals surface area contributed by atoms with Crippen molar-refractivity contribution in [1.29, 1.82) is 0 Å². The van der Waals surface area contributed by atoms with Crippen LogP contribution in [0.1, 0.15) is 27.6 Å². The van der Waals surface area contributed by atoms with Crippen LogP contribution in [-0.2, 0) is 14.3 Å². The molecule has 0 saturated carbocycles. The molecular formula is C13H17ClN2O5. The van der Waals surface area contributed by atoms with Crippen molar-refractivity contribution in [3.05, 3.63) is 29.3 Å². The molecule has 1 aromatic rings. The van der Waals surface area contributed by atoms with Crippen molar-refractivity contribution < 1.29 is 23.9 Å². The van der Waals surface area contributed by atoms with Crippen LogP contribution in [0.25, 0.3) is 0 Å². The number of esters is 2. The molecule has 0 saturated heterocycles. The van der Waals surface area contributed by atoms with Gasteiger partial charge in [-0.15, -0.1) is 12.4 Å². The topological polar surface area (TPSA) is 108 Å². The predicted octanol–water partition coefficient (Wildman–Crippen LogP) is 0.967. The number of methoxy groups -OCH3 is 2. The van der Waals surface area contributed by atoms with Crippen molar-refractivity contribution in [1.82, 2.24) is 0 Å². The minimum absolute atomic E-state index is 0. The Bertz CT molecular complexity index is 511. The van der Waals surface area contributed by atoms with E-state index in [2.05, 4.69) is 14.8 Å². The third-order valence-corrected chi connectivity index (χ3v) is 2.46. The van der Waals surface area contributed by atoms with Crippen molar-refractivity contribution in [2.45, 2.75) is 13.0 Å². The normalized spacial score (nSPS) is 10.9. The predicted molar refractivity (Wildman–Crippen MR) is 78.6 cm³/mol. The number of ether oxygens (including phenoxy) is 2. The first kappa shape index (κ1) is 18.9. The Labute approximate surface area is 128 Å². The molecular weight excluding hydrogens is 300 g/mol. The zero-order chi connectivity index (χ0) is 15.3. The van der Waals surface area contributed by atoms with Gasteiger partial charge in [-0.2, -0.15) is 0 Å². The molecule has 0 aliphatic carbocycles. The lowest BCUT2D eigenvalue weighted by molar-refractivity contribution is -0.117. The highest BCUT2D eigenvalue weighted by Crippen LogP contribution is 2.17. The number of rotatable bonds is 4. The summed E-state index contributed by atoms with van der Waals surface area (Å²) >= 11 is 0. The maximum atomic E-state index is 11.5. The summed E-state index contributed by atoms with van der Waals surface area (Å²) in [5.41, 5.74) is 5.94. The van der Waals surface area contributed by atoms with Crippen molar-refractivity contribution in [2.24, 2.45) is 5.73 Å². The molecule has 0 bridgehead atoms. The first-order valence-electron chi connectivity index (χ1n) is 5.77. The SMILES string of the molecule is COC(=O)c1cc(NC(=O)[C@H](C)N)cc(C(=O)OC)c1.Cl. The van der Waals surface area contributed by atoms with Gasteiger partial charge in [0, 0.05) is 5.69 Å². The van der Waals surface area contributed by atoms with Gasteiger partial charge in [0.05, 0.1) is 31.4 Å². The first-order chi connectivity index (χ1) is 9.38. The number of nitrogens with two attached hydrogens (primary N) is 1. The van der Waals surface area contributed by atoms with Crippen molar-refractivity contribution in [3.8, 4) is 0 Å². The number of halogens is 1. The summed E-state index contributed by atoms with van der Waals surface area (Å²) in [6, 6.07) is 3.37. The smallest absolute Gasteiger partial charge is 0.337 e. The molecule has 1 amide bonds. The summed E-state index contributed by atoms with van der Waals surface area (Å²) < 4.78 is 9.17. The number of hydrogen-bond acceptors (Lipinski definition) is 6. The van der Waals surface area contributed by atoms with Gasteiger partial charge in [0.2, 0.25) is 5.91 Å². The number of hydrogen-bond donors (Lipinski definition) is 2. The second kappa shape index (κ2) is 8.23. The van der Waals surface area contributed by atoms with E-state index < -0.39 is 23.9 Å². The van der Waals surface area contributed by atoms with Crippen LogP contribution in [0.5, 0.6) is 0 Å². The van der Waals surface area contributed by atoms with Gasteiger partial charge in [-0.3, -0.25) is 4.79 Å². The number of carbonyl (C=O) groups excluding carboxylic acids is 3. The molecule has 0 aliphatic rings. The summed E-state index contributed by atoms with van der Waals surface area (Å²) in [4.78, 5) is 34.6. The Morgan fingerprint density at radius 1 is 1.05 bits per heavy atom. The maximum absolute atomic E-state index is 11.5. The lowest BCUT2D eigenvalue weighted by Gasteiger charge is -2.10. The van der Waals surface area contributed by atoms with Gasteiger partial charge in [0.1, 0.15) is 0 Å². The molecule has 21 heavy (non-hydrogen) atoms. The fourth-order valence-corrected chi connectivity index (χ4v) is 1.43. The van der Waals surface area contributed by atoms with E-state index in [0.717, 1.165) is 0 Å². The molecule has 1 rings (SSSR count). The molecule has 0 aromatic heterocycles. The molecule has 8 heteroatoms. The quantitative estimate of drug-likeness (QED) is 0.801. The Kier molecular flexibility index (Phi) is 7.40. The van der Waals surface area contributed by atoms with Crippen LogP contribution < -0.4 is 11.1 Å². The van der Waals surface area contributed by atoms with Gasteiger partial charge >= 0.3 is 11.9 Å². The average Bonchev–Trinajstić information content (AvgIpc) is 2.44. The third kappa shape index (κ3) is 5.05. The lowest BCUT2D eigenvalue weighted by atomic mass is 10.1. The van der Waals surface area contributed by atoms with E-state index in [-0.39, 0.29) is 29.2 Å². The van der Waals surface area contributed by atoms with E-state index in [9.17, 15) is 14.4 Å². The van der Waals surface area contributed by atoms with E-state index in [1.165, 1.54) is 39.3 Å². The molecule has 1 aromatic carbocycles. The van der Waals surface area contributed by atoms with E-state index in [1.54, 1.807) is 0 Å². The molecule has 1 atom stereocenters. The zero-order valence-electron chi connectivity index (χ0n) is 11.8. The monoisotopic (exact) mass is 316 g/mol. The summed E-state index contributed by atoms with van der Waals surface area (Å²) in [6.07, 6.45) is 0. The molecule has 0 heterocycles. The lowest BCUT2D eigenvalue weighted by Crippen LogP contribution is -2.32. The fraction of sp³-hybridized carbons (Fsp3) is 0.308. The van der Waals surface area contributed by atoms with Crippen molar-refractivity contribution in [2.75, 3.05) is 19.5 Å². The summed E-state index contributed by atoms with van der Waals surface area (Å²) in [7, 11) is 2.43. The number of anilines is 1. The van der Waals surface area contributed by atoms with Gasteiger partial charge in [0.15, 0.2) is 0 Å². The Balaban J connectivity index is 0.00000400. The van der Waals surface area contributed by atoms with Gasteiger partial charge < -0.3 is 20.5 Å². The number of carbonyl (C=O) groups is 3. The molecule has 3 N–H and O–H groups in total. The molecule has 0 radical (unpaired) electrons. The Morgan fingerprint density at radius 2 is 1.48 bits per heavy atom. The van der Waals surface area contributed by atoms with Crippen LogP contribution in [0.2, 0.25) is 0 Å². The zero-order valence-corrected chi connectivity index (χ0v) is 12.7. The van der Waals surface area contributed by atoms with Crippen LogP contribution in [0.3, 0.4) is 0 Å². The molecule has 0 spiro atoms. The minimum atomic E-state index is -0.724. The number of nitrogens with one attached hydrogen (secondary N) is 1. The van der Waals surface area contributed by atoms with Gasteiger partial charge in [-0.05, 0) is 25.1 Å². The second-order valence-corrected chi connectivity index (χ2v) is 4.06. The van der Waals surface area contributed by atoms with Crippen LogP contribution in [0, 0.1) is 0 Å². The van der Waals surface area contributed by atoms with Crippen LogP contribution in [0.4, 0.5) is 5.69 Å². The minimum Gasteiger partial charge on any atom is -0.465 e. The molecule has 0 aliphatic heterocycles. The Hall–Kier alpha value is -2.12. The van der Waals surface area contributed by atoms with E-state index in [1.807, 2.05) is 0 Å². The van der Waals surface area contributed by atoms with Crippen LogP contribution in [0.15, 0.2) is 18.2 Å². The van der Waals surface area contributed by atoms with Crippen molar-refractivity contribution >= 4 is 35.9 Å². The second-order valence-electron chi connectivity index (χ2n) is 4.06. The van der Waals surface area contributed by atoms with Crippen LogP contribution >= 0.6 is 12.4 Å². The maximum Gasteiger partial charge on any atom is 0.337 e. The standard InChI is InChI=1S/C13H16N2O5.ClH/c1-7(14)11(16)15-10-5-8(12(17)19-2)4-9(6-10)13(18)20-3;/h4-7H,14H2,1-3H3,(H,15,16);1H/t7-;/m0./s1. The molecule has 7 nitrogen and oxygen atoms in total. The highest BCUT2D eigenvalue weighted by molar-refractivity contribution is 6.00. The third-order valence-electron chi connectivity index (χ3n) is 2.46. The summed E-state index contributed by atoms with van der Waals surface area (Å²) in [6.45, 7) is 1.51. The molecule has 0 unspecified atom stereocenters. The van der Waals surface area contributed by atoms with Crippen LogP contribution in [-0.4, -0.2) is 38.1 Å². The van der Waals surface area contributed by atoms with Gasteiger partial charge in [0.25, 0.3) is 0 Å². The summed E-state index contributed by atoms with van der Waals surface area (Å²) in [5, 5.41) is 2.50. The Morgan fingerprint density at radius 3 is 1.81 bits per heavy atom. The van der Waals surface area contributed by atoms with Crippen molar-refractivity contribution in [3.63, 3.8) is 0 Å². The number of benzene rings is 1. The van der Waals surface area contributed by atoms with Gasteiger partial charge in [-0.1, -0.05) is 0 Å². The average molecular weight is 317 g/mol. The highest BCUT2D eigenvalue weighted by Gasteiger charge is 2.15. The largest absolute Gasteiger partial charge is 0.465 e. The van der Waals surface area contributed by atoms with E-state index >= 15 is 0 Å². The molecule has 0 fully saturated rings. The number of amides is 1. The fourth-order valence-electron chi connectivity index (χ4n) is 1.43. The molecule has 116 valence electrons. The van der Waals surface area contributed by atoms with E-state index in [4.69, 9.17) is 5.73 Å².